The van der Waals surface area contributed by atoms with Gasteiger partial charge in [0, 0.05) is 37.3 Å². The Hall–Kier alpha value is -1.86. The molecule has 2 aromatic heterocycles. The molecule has 114 valence electrons. The number of ether oxygens (including phenoxy) is 1. The number of nitrogens with zero attached hydrogens (tertiary/aromatic N) is 3. The van der Waals surface area contributed by atoms with E-state index >= 15 is 0 Å². The van der Waals surface area contributed by atoms with Crippen LogP contribution >= 0.6 is 11.3 Å². The van der Waals surface area contributed by atoms with Crippen molar-refractivity contribution >= 4 is 34.2 Å². The summed E-state index contributed by atoms with van der Waals surface area (Å²) in [4.78, 5) is 18.4. The fourth-order valence-electron chi connectivity index (χ4n) is 2.11. The van der Waals surface area contributed by atoms with Gasteiger partial charge in [0.1, 0.15) is 0 Å². The minimum Gasteiger partial charge on any atom is -0.478 e. The molecule has 0 aliphatic heterocycles. The Morgan fingerprint density at radius 3 is 3.00 bits per heavy atom. The average molecular weight is 309 g/mol. The van der Waals surface area contributed by atoms with Crippen molar-refractivity contribution in [3.8, 4) is 0 Å². The molecule has 6 nitrogen and oxygen atoms in total. The number of imidazole rings is 1. The summed E-state index contributed by atoms with van der Waals surface area (Å²) in [5.41, 5.74) is 0.776. The van der Waals surface area contributed by atoms with Crippen LogP contribution in [0.2, 0.25) is 0 Å². The first kappa shape index (κ1) is 15.5. The number of anilines is 1. The lowest BCUT2D eigenvalue weighted by atomic mass is 10.2. The molecule has 7 heteroatoms. The molecule has 0 aromatic carbocycles. The summed E-state index contributed by atoms with van der Waals surface area (Å²) in [6.45, 7) is 5.44. The number of carboxylic acid groups (broad SMARTS) is 1. The highest BCUT2D eigenvalue weighted by Gasteiger charge is 2.19. The largest absolute Gasteiger partial charge is 0.478 e. The molecule has 0 bridgehead atoms. The molecule has 0 spiro atoms. The maximum Gasteiger partial charge on any atom is 0.328 e. The van der Waals surface area contributed by atoms with Gasteiger partial charge in [-0.3, -0.25) is 4.40 Å². The summed E-state index contributed by atoms with van der Waals surface area (Å²) in [6, 6.07) is 0.238. The standard InChI is InChI=1S/C14H19N3O3S/c1-10(2)16(6-8-20-3)13-11(4-5-12(18)19)17-7-9-21-14(17)15-13/h4-5,7,9-10H,6,8H2,1-3H3,(H,18,19)/b5-4+. The van der Waals surface area contributed by atoms with Crippen LogP contribution in [0.15, 0.2) is 17.7 Å². The Morgan fingerprint density at radius 2 is 2.38 bits per heavy atom. The molecule has 0 saturated heterocycles. The van der Waals surface area contributed by atoms with Gasteiger partial charge in [-0.25, -0.2) is 9.78 Å². The number of methoxy groups -OCH3 is 1. The van der Waals surface area contributed by atoms with Gasteiger partial charge in [-0.2, -0.15) is 0 Å². The minimum atomic E-state index is -0.973. The van der Waals surface area contributed by atoms with Gasteiger partial charge in [-0.05, 0) is 19.9 Å². The zero-order valence-electron chi connectivity index (χ0n) is 12.3. The van der Waals surface area contributed by atoms with E-state index in [0.29, 0.717) is 13.2 Å². The van der Waals surface area contributed by atoms with Crippen LogP contribution in [0.5, 0.6) is 0 Å². The van der Waals surface area contributed by atoms with Gasteiger partial charge in [0.05, 0.1) is 12.3 Å². The molecule has 1 N–H and O–H groups in total. The molecule has 2 heterocycles. The molecule has 0 unspecified atom stereocenters. The highest BCUT2D eigenvalue weighted by molar-refractivity contribution is 7.15. The number of rotatable bonds is 7. The zero-order chi connectivity index (χ0) is 15.4. The van der Waals surface area contributed by atoms with Gasteiger partial charge in [0.25, 0.3) is 0 Å². The first-order chi connectivity index (χ1) is 10.0. The van der Waals surface area contributed by atoms with Crippen LogP contribution in [-0.4, -0.2) is 46.8 Å². The number of fused-ring (bicyclic) bond motifs is 1. The van der Waals surface area contributed by atoms with Gasteiger partial charge in [0.15, 0.2) is 10.8 Å². The van der Waals surface area contributed by atoms with E-state index in [4.69, 9.17) is 9.84 Å². The van der Waals surface area contributed by atoms with Crippen LogP contribution in [-0.2, 0) is 9.53 Å². The van der Waals surface area contributed by atoms with Crippen molar-refractivity contribution < 1.29 is 14.6 Å². The van der Waals surface area contributed by atoms with E-state index in [9.17, 15) is 4.79 Å². The molecule has 21 heavy (non-hydrogen) atoms. The molecule has 0 saturated carbocycles. The highest BCUT2D eigenvalue weighted by Crippen LogP contribution is 2.27. The molecule has 0 aliphatic carbocycles. The number of aliphatic carboxylic acids is 1. The lowest BCUT2D eigenvalue weighted by molar-refractivity contribution is -0.131. The van der Waals surface area contributed by atoms with Crippen molar-refractivity contribution in [3.63, 3.8) is 0 Å². The molecular weight excluding hydrogens is 290 g/mol. The molecule has 2 aromatic rings. The maximum absolute atomic E-state index is 10.8. The maximum atomic E-state index is 10.8. The van der Waals surface area contributed by atoms with Crippen LogP contribution in [0.25, 0.3) is 11.0 Å². The topological polar surface area (TPSA) is 67.1 Å². The molecule has 0 fully saturated rings. The highest BCUT2D eigenvalue weighted by atomic mass is 32.1. The predicted octanol–water partition coefficient (Wildman–Crippen LogP) is 2.35. The Morgan fingerprint density at radius 1 is 1.62 bits per heavy atom. The van der Waals surface area contributed by atoms with E-state index in [1.165, 1.54) is 11.3 Å². The number of hydrogen-bond donors (Lipinski definition) is 1. The molecule has 2 rings (SSSR count). The number of aromatic nitrogens is 2. The number of carboxylic acids is 1. The molecule has 0 radical (unpaired) electrons. The molecular formula is C14H19N3O3S. The second-order valence-corrected chi connectivity index (χ2v) is 5.70. The van der Waals surface area contributed by atoms with Gasteiger partial charge in [-0.1, -0.05) is 0 Å². The van der Waals surface area contributed by atoms with E-state index in [2.05, 4.69) is 23.7 Å². The van der Waals surface area contributed by atoms with Crippen LogP contribution in [0.1, 0.15) is 19.5 Å². The van der Waals surface area contributed by atoms with Gasteiger partial charge < -0.3 is 14.7 Å². The van der Waals surface area contributed by atoms with Gasteiger partial charge in [-0.15, -0.1) is 11.3 Å². The monoisotopic (exact) mass is 309 g/mol. The zero-order valence-corrected chi connectivity index (χ0v) is 13.1. The second kappa shape index (κ2) is 6.73. The lowest BCUT2D eigenvalue weighted by Crippen LogP contribution is -2.34. The van der Waals surface area contributed by atoms with Crippen molar-refractivity contribution in [1.29, 1.82) is 0 Å². The van der Waals surface area contributed by atoms with Crippen molar-refractivity contribution in [1.82, 2.24) is 9.38 Å². The Balaban J connectivity index is 2.47. The quantitative estimate of drug-likeness (QED) is 0.795. The third-order valence-corrected chi connectivity index (χ3v) is 3.85. The smallest absolute Gasteiger partial charge is 0.328 e. The second-order valence-electron chi connectivity index (χ2n) is 4.83. The third kappa shape index (κ3) is 3.43. The first-order valence-electron chi connectivity index (χ1n) is 6.66. The summed E-state index contributed by atoms with van der Waals surface area (Å²) in [5.74, 6) is -0.189. The first-order valence-corrected chi connectivity index (χ1v) is 7.54. The summed E-state index contributed by atoms with van der Waals surface area (Å²) < 4.78 is 7.06. The fraction of sp³-hybridized carbons (Fsp3) is 0.429. The number of hydrogen-bond acceptors (Lipinski definition) is 5. The Kier molecular flexibility index (Phi) is 4.98. The van der Waals surface area contributed by atoms with Crippen LogP contribution in [0.3, 0.4) is 0 Å². The summed E-state index contributed by atoms with van der Waals surface area (Å²) in [5, 5.41) is 10.8. The Labute approximate surface area is 127 Å². The normalized spacial score (nSPS) is 11.8. The van der Waals surface area contributed by atoms with Crippen LogP contribution in [0.4, 0.5) is 5.82 Å². The average Bonchev–Trinajstić information content (AvgIpc) is 2.97. The van der Waals surface area contributed by atoms with E-state index in [-0.39, 0.29) is 6.04 Å². The van der Waals surface area contributed by atoms with Crippen molar-refractivity contribution in [2.24, 2.45) is 0 Å². The third-order valence-electron chi connectivity index (χ3n) is 3.10. The van der Waals surface area contributed by atoms with Crippen molar-refractivity contribution in [3.05, 3.63) is 23.3 Å². The van der Waals surface area contributed by atoms with Crippen molar-refractivity contribution in [2.45, 2.75) is 19.9 Å². The van der Waals surface area contributed by atoms with E-state index in [1.54, 1.807) is 13.2 Å². The van der Waals surface area contributed by atoms with Crippen molar-refractivity contribution in [2.75, 3.05) is 25.2 Å². The lowest BCUT2D eigenvalue weighted by Gasteiger charge is -2.27. The minimum absolute atomic E-state index is 0.238. The summed E-state index contributed by atoms with van der Waals surface area (Å²) in [6.07, 6.45) is 4.62. The van der Waals surface area contributed by atoms with Gasteiger partial charge in [0.2, 0.25) is 0 Å². The van der Waals surface area contributed by atoms with E-state index in [0.717, 1.165) is 22.5 Å². The number of thiazole rings is 1. The summed E-state index contributed by atoms with van der Waals surface area (Å²) >= 11 is 1.52. The molecule has 0 atom stereocenters. The fourth-order valence-corrected chi connectivity index (χ4v) is 2.82. The SMILES string of the molecule is COCCN(c1nc2sccn2c1/C=C/C(=O)O)C(C)C. The summed E-state index contributed by atoms with van der Waals surface area (Å²) in [7, 11) is 1.66. The molecule has 0 aliphatic rings. The van der Waals surface area contributed by atoms with E-state index in [1.807, 2.05) is 16.0 Å². The van der Waals surface area contributed by atoms with Crippen LogP contribution in [0, 0.1) is 0 Å². The molecule has 0 amide bonds. The predicted molar refractivity (Wildman–Crippen MR) is 84.1 cm³/mol. The van der Waals surface area contributed by atoms with Crippen LogP contribution < -0.4 is 4.90 Å². The Bertz CT molecular complexity index is 645. The number of carbonyl (C=O) groups is 1. The van der Waals surface area contributed by atoms with Gasteiger partial charge >= 0.3 is 5.97 Å². The van der Waals surface area contributed by atoms with E-state index < -0.39 is 5.97 Å².